The lowest BCUT2D eigenvalue weighted by Crippen LogP contribution is -2.23. The SMILES string of the molecule is COC(=O)C1=C(COc2ccc(Cl)cc2)CN(C)C1c1ccccc1. The fourth-order valence-corrected chi connectivity index (χ4v) is 3.26. The van der Waals surface area contributed by atoms with Gasteiger partial charge in [0.1, 0.15) is 12.4 Å². The maximum atomic E-state index is 12.4. The molecule has 0 saturated carbocycles. The van der Waals surface area contributed by atoms with E-state index in [0.717, 1.165) is 11.1 Å². The van der Waals surface area contributed by atoms with Crippen LogP contribution in [0.3, 0.4) is 0 Å². The Morgan fingerprint density at radius 3 is 2.48 bits per heavy atom. The van der Waals surface area contributed by atoms with E-state index < -0.39 is 0 Å². The van der Waals surface area contributed by atoms with Crippen molar-refractivity contribution in [2.75, 3.05) is 27.3 Å². The van der Waals surface area contributed by atoms with Crippen LogP contribution in [0.15, 0.2) is 65.7 Å². The Balaban J connectivity index is 1.87. The van der Waals surface area contributed by atoms with Crippen molar-refractivity contribution in [3.8, 4) is 5.75 Å². The summed E-state index contributed by atoms with van der Waals surface area (Å²) in [5.74, 6) is 0.403. The van der Waals surface area contributed by atoms with Gasteiger partial charge in [0.05, 0.1) is 18.7 Å². The fraction of sp³-hybridized carbons (Fsp3) is 0.250. The zero-order valence-electron chi connectivity index (χ0n) is 14.2. The standard InChI is InChI=1S/C20H20ClNO3/c1-22-12-15(13-25-17-10-8-16(21)9-11-17)18(20(23)24-2)19(22)14-6-4-3-5-7-14/h3-11,19H,12-13H2,1-2H3. The highest BCUT2D eigenvalue weighted by atomic mass is 35.5. The van der Waals surface area contributed by atoms with Gasteiger partial charge in [0.25, 0.3) is 0 Å². The number of hydrogen-bond acceptors (Lipinski definition) is 4. The molecule has 0 bridgehead atoms. The summed E-state index contributed by atoms with van der Waals surface area (Å²) >= 11 is 5.90. The molecular formula is C20H20ClNO3. The highest BCUT2D eigenvalue weighted by molar-refractivity contribution is 6.30. The summed E-state index contributed by atoms with van der Waals surface area (Å²) in [6.45, 7) is 0.983. The molecule has 0 spiro atoms. The van der Waals surface area contributed by atoms with Crippen molar-refractivity contribution < 1.29 is 14.3 Å². The Bertz CT molecular complexity index is 771. The van der Waals surface area contributed by atoms with E-state index in [1.54, 1.807) is 12.1 Å². The number of benzene rings is 2. The fourth-order valence-electron chi connectivity index (χ4n) is 3.14. The van der Waals surface area contributed by atoms with Gasteiger partial charge in [0.2, 0.25) is 0 Å². The van der Waals surface area contributed by atoms with E-state index in [1.807, 2.05) is 49.5 Å². The summed E-state index contributed by atoms with van der Waals surface area (Å²) in [4.78, 5) is 14.6. The topological polar surface area (TPSA) is 38.8 Å². The molecule has 1 atom stereocenters. The van der Waals surface area contributed by atoms with Crippen LogP contribution >= 0.6 is 11.6 Å². The van der Waals surface area contributed by atoms with Crippen LogP contribution in [0, 0.1) is 0 Å². The van der Waals surface area contributed by atoms with Crippen molar-refractivity contribution in [2.45, 2.75) is 6.04 Å². The van der Waals surface area contributed by atoms with Gasteiger partial charge in [-0.25, -0.2) is 4.79 Å². The molecule has 1 aliphatic rings. The molecule has 4 nitrogen and oxygen atoms in total. The molecule has 130 valence electrons. The summed E-state index contributed by atoms with van der Waals surface area (Å²) in [6, 6.07) is 17.0. The third-order valence-electron chi connectivity index (χ3n) is 4.28. The van der Waals surface area contributed by atoms with Crippen LogP contribution < -0.4 is 4.74 Å². The minimum atomic E-state index is -0.312. The number of carbonyl (C=O) groups is 1. The van der Waals surface area contributed by atoms with Crippen molar-refractivity contribution in [3.63, 3.8) is 0 Å². The van der Waals surface area contributed by atoms with Crippen LogP contribution in [0.4, 0.5) is 0 Å². The third-order valence-corrected chi connectivity index (χ3v) is 4.53. The van der Waals surface area contributed by atoms with Gasteiger partial charge < -0.3 is 9.47 Å². The van der Waals surface area contributed by atoms with E-state index >= 15 is 0 Å². The van der Waals surface area contributed by atoms with Gasteiger partial charge in [0, 0.05) is 11.6 Å². The van der Waals surface area contributed by atoms with Crippen molar-refractivity contribution in [1.29, 1.82) is 0 Å². The Labute approximate surface area is 152 Å². The van der Waals surface area contributed by atoms with E-state index in [2.05, 4.69) is 4.90 Å². The summed E-state index contributed by atoms with van der Waals surface area (Å²) in [5, 5.41) is 0.659. The van der Waals surface area contributed by atoms with Gasteiger partial charge in [-0.05, 0) is 42.4 Å². The number of carbonyl (C=O) groups excluding carboxylic acids is 1. The van der Waals surface area contributed by atoms with Gasteiger partial charge in [-0.15, -0.1) is 0 Å². The lowest BCUT2D eigenvalue weighted by atomic mass is 9.98. The smallest absolute Gasteiger partial charge is 0.335 e. The van der Waals surface area contributed by atoms with Gasteiger partial charge in [0.15, 0.2) is 0 Å². The molecule has 0 fully saturated rings. The van der Waals surface area contributed by atoms with Gasteiger partial charge in [-0.1, -0.05) is 41.9 Å². The van der Waals surface area contributed by atoms with Gasteiger partial charge in [-0.2, -0.15) is 0 Å². The number of likely N-dealkylation sites (N-methyl/N-ethyl adjacent to an activating group) is 1. The monoisotopic (exact) mass is 357 g/mol. The molecule has 0 saturated heterocycles. The molecule has 0 amide bonds. The molecule has 3 rings (SSSR count). The number of halogens is 1. The Hall–Kier alpha value is -2.30. The molecule has 0 N–H and O–H groups in total. The zero-order chi connectivity index (χ0) is 17.8. The molecule has 2 aromatic rings. The van der Waals surface area contributed by atoms with E-state index in [9.17, 15) is 4.79 Å². The third kappa shape index (κ3) is 3.86. The van der Waals surface area contributed by atoms with E-state index in [0.29, 0.717) is 29.5 Å². The number of ether oxygens (including phenoxy) is 2. The Morgan fingerprint density at radius 2 is 1.84 bits per heavy atom. The van der Waals surface area contributed by atoms with Crippen molar-refractivity contribution in [2.24, 2.45) is 0 Å². The molecule has 0 aliphatic carbocycles. The van der Waals surface area contributed by atoms with Crippen molar-refractivity contribution >= 4 is 17.6 Å². The first-order valence-electron chi connectivity index (χ1n) is 8.04. The van der Waals surface area contributed by atoms with Crippen LogP contribution in [0.25, 0.3) is 0 Å². The number of hydrogen-bond donors (Lipinski definition) is 0. The minimum Gasteiger partial charge on any atom is -0.489 e. The number of nitrogens with zero attached hydrogens (tertiary/aromatic N) is 1. The van der Waals surface area contributed by atoms with E-state index in [-0.39, 0.29) is 12.0 Å². The van der Waals surface area contributed by atoms with Crippen molar-refractivity contribution in [1.82, 2.24) is 4.90 Å². The maximum absolute atomic E-state index is 12.4. The quantitative estimate of drug-likeness (QED) is 0.761. The molecule has 5 heteroatoms. The lowest BCUT2D eigenvalue weighted by Gasteiger charge is -2.22. The molecule has 2 aromatic carbocycles. The number of esters is 1. The Morgan fingerprint density at radius 1 is 1.16 bits per heavy atom. The zero-order valence-corrected chi connectivity index (χ0v) is 15.0. The second kappa shape index (κ2) is 7.72. The molecule has 0 radical (unpaired) electrons. The molecule has 25 heavy (non-hydrogen) atoms. The minimum absolute atomic E-state index is 0.127. The highest BCUT2D eigenvalue weighted by Gasteiger charge is 2.36. The summed E-state index contributed by atoms with van der Waals surface area (Å²) in [5.41, 5.74) is 2.65. The van der Waals surface area contributed by atoms with E-state index in [1.165, 1.54) is 7.11 Å². The van der Waals surface area contributed by atoms with Crippen LogP contribution in [0.2, 0.25) is 5.02 Å². The largest absolute Gasteiger partial charge is 0.489 e. The first kappa shape index (κ1) is 17.5. The first-order valence-corrected chi connectivity index (χ1v) is 8.41. The van der Waals surface area contributed by atoms with Crippen molar-refractivity contribution in [3.05, 3.63) is 76.3 Å². The molecule has 1 aliphatic heterocycles. The first-order chi connectivity index (χ1) is 12.1. The number of methoxy groups -OCH3 is 1. The number of rotatable bonds is 5. The van der Waals surface area contributed by atoms with Crippen LogP contribution in [-0.2, 0) is 9.53 Å². The molecule has 1 heterocycles. The van der Waals surface area contributed by atoms with E-state index in [4.69, 9.17) is 21.1 Å². The van der Waals surface area contributed by atoms with Crippen LogP contribution in [0.1, 0.15) is 11.6 Å². The Kier molecular flexibility index (Phi) is 5.41. The molecule has 1 unspecified atom stereocenters. The lowest BCUT2D eigenvalue weighted by molar-refractivity contribution is -0.136. The van der Waals surface area contributed by atoms with Gasteiger partial charge in [-0.3, -0.25) is 4.90 Å². The normalized spacial score (nSPS) is 17.6. The second-order valence-electron chi connectivity index (χ2n) is 5.98. The predicted molar refractivity (Wildman–Crippen MR) is 97.8 cm³/mol. The molecular weight excluding hydrogens is 338 g/mol. The summed E-state index contributed by atoms with van der Waals surface area (Å²) in [6.07, 6.45) is 0. The van der Waals surface area contributed by atoms with Crippen LogP contribution in [-0.4, -0.2) is 38.2 Å². The second-order valence-corrected chi connectivity index (χ2v) is 6.42. The predicted octanol–water partition coefficient (Wildman–Crippen LogP) is 3.88. The highest BCUT2D eigenvalue weighted by Crippen LogP contribution is 2.36. The summed E-state index contributed by atoms with van der Waals surface area (Å²) < 4.78 is 10.9. The van der Waals surface area contributed by atoms with Gasteiger partial charge >= 0.3 is 5.97 Å². The van der Waals surface area contributed by atoms with Crippen LogP contribution in [0.5, 0.6) is 5.75 Å². The average molecular weight is 358 g/mol. The maximum Gasteiger partial charge on any atom is 0.335 e. The summed E-state index contributed by atoms with van der Waals surface area (Å²) in [7, 11) is 3.41. The molecule has 0 aromatic heterocycles. The average Bonchev–Trinajstić information content (AvgIpc) is 2.97.